The third-order valence-corrected chi connectivity index (χ3v) is 4.26. The molecule has 0 aromatic heterocycles. The van der Waals surface area contributed by atoms with Gasteiger partial charge in [0.05, 0.1) is 5.54 Å². The summed E-state index contributed by atoms with van der Waals surface area (Å²) in [5, 5.41) is 3.75. The smallest absolute Gasteiger partial charge is 0.0567 e. The van der Waals surface area contributed by atoms with E-state index >= 15 is 0 Å². The van der Waals surface area contributed by atoms with Crippen LogP contribution in [0.4, 0.5) is 0 Å². The molecule has 17 heavy (non-hydrogen) atoms. The van der Waals surface area contributed by atoms with Crippen molar-refractivity contribution >= 4 is 0 Å². The number of piperazine rings is 1. The summed E-state index contributed by atoms with van der Waals surface area (Å²) in [5.41, 5.74) is 0.979. The van der Waals surface area contributed by atoms with Gasteiger partial charge in [0.1, 0.15) is 0 Å². The van der Waals surface area contributed by atoms with Crippen LogP contribution in [-0.2, 0) is 0 Å². The van der Waals surface area contributed by atoms with Gasteiger partial charge in [0, 0.05) is 43.8 Å². The quantitative estimate of drug-likeness (QED) is 0.692. The van der Waals surface area contributed by atoms with E-state index < -0.39 is 0 Å². The van der Waals surface area contributed by atoms with E-state index in [1.54, 1.807) is 0 Å². The van der Waals surface area contributed by atoms with Gasteiger partial charge in [-0.3, -0.25) is 9.80 Å². The highest BCUT2D eigenvalue weighted by Gasteiger charge is 2.49. The first-order chi connectivity index (χ1) is 7.62. The van der Waals surface area contributed by atoms with Crippen LogP contribution < -0.4 is 5.32 Å². The third kappa shape index (κ3) is 2.67. The fraction of sp³-hybridized carbons (Fsp3) is 1.00. The largest absolute Gasteiger partial charge is 0.307 e. The Bertz CT molecular complexity index is 279. The Morgan fingerprint density at radius 2 is 1.29 bits per heavy atom. The first-order valence-electron chi connectivity index (χ1n) is 6.88. The van der Waals surface area contributed by atoms with E-state index in [9.17, 15) is 0 Å². The minimum absolute atomic E-state index is 0.303. The zero-order valence-corrected chi connectivity index (χ0v) is 12.4. The molecule has 2 rings (SSSR count). The lowest BCUT2D eigenvalue weighted by Crippen LogP contribution is -2.79. The van der Waals surface area contributed by atoms with Crippen molar-refractivity contribution in [1.82, 2.24) is 15.1 Å². The molecule has 2 aliphatic rings. The molecular formula is C14H29N3. The number of hydrogen-bond donors (Lipinski definition) is 1. The third-order valence-electron chi connectivity index (χ3n) is 4.26. The molecule has 0 aliphatic carbocycles. The maximum absolute atomic E-state index is 3.75. The fourth-order valence-electron chi connectivity index (χ4n) is 2.90. The molecule has 3 nitrogen and oxygen atoms in total. The molecule has 0 amide bonds. The van der Waals surface area contributed by atoms with Crippen LogP contribution in [0.15, 0.2) is 0 Å². The van der Waals surface area contributed by atoms with Crippen molar-refractivity contribution in [2.75, 3.05) is 32.7 Å². The van der Waals surface area contributed by atoms with E-state index in [2.05, 4.69) is 56.7 Å². The van der Waals surface area contributed by atoms with Crippen LogP contribution >= 0.6 is 0 Å². The van der Waals surface area contributed by atoms with E-state index in [1.807, 2.05) is 0 Å². The Morgan fingerprint density at radius 1 is 0.824 bits per heavy atom. The highest BCUT2D eigenvalue weighted by Crippen LogP contribution is 2.32. The first kappa shape index (κ1) is 13.3. The molecule has 3 heteroatoms. The molecule has 0 atom stereocenters. The Hall–Kier alpha value is -0.120. The molecule has 2 saturated heterocycles. The highest BCUT2D eigenvalue weighted by atomic mass is 15.4. The minimum atomic E-state index is 0.303. The lowest BCUT2D eigenvalue weighted by Gasteiger charge is -2.60. The van der Waals surface area contributed by atoms with E-state index in [-0.39, 0.29) is 0 Å². The van der Waals surface area contributed by atoms with Crippen LogP contribution in [0.25, 0.3) is 0 Å². The van der Waals surface area contributed by atoms with Gasteiger partial charge in [-0.2, -0.15) is 0 Å². The fourth-order valence-corrected chi connectivity index (χ4v) is 2.90. The summed E-state index contributed by atoms with van der Waals surface area (Å²) in [5.74, 6) is 0. The van der Waals surface area contributed by atoms with Crippen molar-refractivity contribution in [3.8, 4) is 0 Å². The standard InChI is InChI=1S/C14H29N3/c1-12(2,3)16-8-7-15-14(9-16)10-17(11-14)13(4,5)6/h15H,7-11H2,1-6H3. The van der Waals surface area contributed by atoms with Gasteiger partial charge in [-0.05, 0) is 41.5 Å². The van der Waals surface area contributed by atoms with Crippen molar-refractivity contribution in [2.45, 2.75) is 58.2 Å². The van der Waals surface area contributed by atoms with Crippen molar-refractivity contribution in [1.29, 1.82) is 0 Å². The summed E-state index contributed by atoms with van der Waals surface area (Å²) in [4.78, 5) is 5.20. The van der Waals surface area contributed by atoms with E-state index in [1.165, 1.54) is 26.2 Å². The molecule has 0 radical (unpaired) electrons. The van der Waals surface area contributed by atoms with Crippen molar-refractivity contribution < 1.29 is 0 Å². The molecule has 2 heterocycles. The van der Waals surface area contributed by atoms with Gasteiger partial charge in [0.2, 0.25) is 0 Å². The predicted molar refractivity (Wildman–Crippen MR) is 73.4 cm³/mol. The first-order valence-corrected chi connectivity index (χ1v) is 6.88. The maximum Gasteiger partial charge on any atom is 0.0567 e. The predicted octanol–water partition coefficient (Wildman–Crippen LogP) is 1.54. The topological polar surface area (TPSA) is 18.5 Å². The number of hydrogen-bond acceptors (Lipinski definition) is 3. The van der Waals surface area contributed by atoms with Crippen molar-refractivity contribution in [2.24, 2.45) is 0 Å². The summed E-state index contributed by atoms with van der Waals surface area (Å²) in [6, 6.07) is 0. The van der Waals surface area contributed by atoms with Crippen LogP contribution in [-0.4, -0.2) is 59.1 Å². The summed E-state index contributed by atoms with van der Waals surface area (Å²) in [7, 11) is 0. The second kappa shape index (κ2) is 3.94. The Morgan fingerprint density at radius 3 is 1.76 bits per heavy atom. The molecule has 0 aromatic rings. The molecule has 0 unspecified atom stereocenters. The van der Waals surface area contributed by atoms with Gasteiger partial charge in [0.15, 0.2) is 0 Å². The van der Waals surface area contributed by atoms with Crippen LogP contribution in [0.2, 0.25) is 0 Å². The van der Waals surface area contributed by atoms with Gasteiger partial charge < -0.3 is 5.32 Å². The van der Waals surface area contributed by atoms with E-state index in [0.717, 1.165) is 6.54 Å². The number of likely N-dealkylation sites (tertiary alicyclic amines) is 1. The minimum Gasteiger partial charge on any atom is -0.307 e. The molecule has 1 spiro atoms. The average molecular weight is 239 g/mol. The Kier molecular flexibility index (Phi) is 3.08. The summed E-state index contributed by atoms with van der Waals surface area (Å²) in [6.45, 7) is 19.8. The molecule has 0 bridgehead atoms. The van der Waals surface area contributed by atoms with E-state index in [4.69, 9.17) is 0 Å². The van der Waals surface area contributed by atoms with Gasteiger partial charge in [-0.1, -0.05) is 0 Å². The van der Waals surface area contributed by atoms with Gasteiger partial charge in [-0.15, -0.1) is 0 Å². The lowest BCUT2D eigenvalue weighted by molar-refractivity contribution is -0.0704. The number of nitrogens with one attached hydrogen (secondary N) is 1. The second-order valence-electron chi connectivity index (χ2n) is 7.83. The van der Waals surface area contributed by atoms with Crippen LogP contribution in [0.1, 0.15) is 41.5 Å². The highest BCUT2D eigenvalue weighted by molar-refractivity contribution is 5.10. The maximum atomic E-state index is 3.75. The van der Waals surface area contributed by atoms with Crippen LogP contribution in [0.5, 0.6) is 0 Å². The summed E-state index contributed by atoms with van der Waals surface area (Å²) < 4.78 is 0. The molecule has 100 valence electrons. The SMILES string of the molecule is CC(C)(C)N1CCNC2(C1)CN(C(C)(C)C)C2. The van der Waals surface area contributed by atoms with Crippen molar-refractivity contribution in [3.05, 3.63) is 0 Å². The van der Waals surface area contributed by atoms with Gasteiger partial charge in [0.25, 0.3) is 0 Å². The Balaban J connectivity index is 1.96. The molecule has 1 N–H and O–H groups in total. The zero-order chi connectivity index (χ0) is 12.9. The molecule has 2 aliphatic heterocycles. The number of rotatable bonds is 0. The Labute approximate surface area is 107 Å². The van der Waals surface area contributed by atoms with Crippen LogP contribution in [0, 0.1) is 0 Å². The second-order valence-corrected chi connectivity index (χ2v) is 7.83. The van der Waals surface area contributed by atoms with Gasteiger partial charge in [-0.25, -0.2) is 0 Å². The normalized spacial score (nSPS) is 27.2. The van der Waals surface area contributed by atoms with Crippen LogP contribution in [0.3, 0.4) is 0 Å². The monoisotopic (exact) mass is 239 g/mol. The molecular weight excluding hydrogens is 210 g/mol. The summed E-state index contributed by atoms with van der Waals surface area (Å²) in [6.07, 6.45) is 0. The van der Waals surface area contributed by atoms with Crippen molar-refractivity contribution in [3.63, 3.8) is 0 Å². The van der Waals surface area contributed by atoms with Gasteiger partial charge >= 0.3 is 0 Å². The molecule has 0 saturated carbocycles. The van der Waals surface area contributed by atoms with E-state index in [0.29, 0.717) is 16.6 Å². The molecule has 2 fully saturated rings. The molecule has 0 aromatic carbocycles. The average Bonchev–Trinajstić information content (AvgIpc) is 2.11. The lowest BCUT2D eigenvalue weighted by atomic mass is 9.82. The number of nitrogens with zero attached hydrogens (tertiary/aromatic N) is 2. The zero-order valence-electron chi connectivity index (χ0n) is 12.4. The summed E-state index contributed by atoms with van der Waals surface area (Å²) >= 11 is 0.